The van der Waals surface area contributed by atoms with E-state index in [2.05, 4.69) is 0 Å². The Morgan fingerprint density at radius 2 is 1.95 bits per heavy atom. The number of nitrogens with zero attached hydrogens (tertiary/aromatic N) is 1. The second-order valence-electron chi connectivity index (χ2n) is 4.49. The number of hydrogen-bond donors (Lipinski definition) is 1. The summed E-state index contributed by atoms with van der Waals surface area (Å²) in [5.41, 5.74) is -0.537. The number of piperidine rings is 1. The molecule has 1 saturated heterocycles. The topological polar surface area (TPSA) is 49.8 Å². The standard InChI is InChI=1S/C13H15F2NO3/c1-19-8-4-6-16(7-5-8)10-3-2-9(13(17)18)11(14)12(10)15/h2-3,8H,4-7H2,1H3,(H,17,18). The van der Waals surface area contributed by atoms with E-state index in [0.717, 1.165) is 18.9 Å². The van der Waals surface area contributed by atoms with Crippen molar-refractivity contribution in [2.24, 2.45) is 0 Å². The number of rotatable bonds is 3. The Balaban J connectivity index is 2.22. The van der Waals surface area contributed by atoms with Crippen molar-refractivity contribution in [1.82, 2.24) is 0 Å². The van der Waals surface area contributed by atoms with Crippen molar-refractivity contribution in [2.75, 3.05) is 25.1 Å². The maximum absolute atomic E-state index is 13.9. The summed E-state index contributed by atoms with van der Waals surface area (Å²) in [5, 5.41) is 8.72. The van der Waals surface area contributed by atoms with Crippen LogP contribution in [0.2, 0.25) is 0 Å². The normalized spacial score (nSPS) is 16.7. The molecule has 6 heteroatoms. The predicted octanol–water partition coefficient (Wildman–Crippen LogP) is 2.28. The molecule has 1 aliphatic rings. The number of carbonyl (C=O) groups is 1. The number of carboxylic acid groups (broad SMARTS) is 1. The Labute approximate surface area is 109 Å². The van der Waals surface area contributed by atoms with Crippen molar-refractivity contribution in [3.63, 3.8) is 0 Å². The second-order valence-corrected chi connectivity index (χ2v) is 4.49. The number of hydrogen-bond acceptors (Lipinski definition) is 3. The lowest BCUT2D eigenvalue weighted by Crippen LogP contribution is -2.37. The molecule has 0 bridgehead atoms. The van der Waals surface area contributed by atoms with Gasteiger partial charge in [0.25, 0.3) is 0 Å². The van der Waals surface area contributed by atoms with Crippen LogP contribution in [0.3, 0.4) is 0 Å². The zero-order chi connectivity index (χ0) is 14.0. The number of anilines is 1. The SMILES string of the molecule is COC1CCN(c2ccc(C(=O)O)c(F)c2F)CC1. The molecule has 2 rings (SSSR count). The first-order valence-corrected chi connectivity index (χ1v) is 6.03. The molecule has 1 heterocycles. The average molecular weight is 271 g/mol. The minimum absolute atomic E-state index is 0.108. The fourth-order valence-corrected chi connectivity index (χ4v) is 2.28. The van der Waals surface area contributed by atoms with E-state index in [0.29, 0.717) is 13.1 Å². The van der Waals surface area contributed by atoms with Gasteiger partial charge < -0.3 is 14.7 Å². The van der Waals surface area contributed by atoms with Crippen LogP contribution >= 0.6 is 0 Å². The number of halogens is 2. The van der Waals surface area contributed by atoms with Gasteiger partial charge in [-0.3, -0.25) is 0 Å². The monoisotopic (exact) mass is 271 g/mol. The molecule has 0 spiro atoms. The number of aromatic carboxylic acids is 1. The fraction of sp³-hybridized carbons (Fsp3) is 0.462. The average Bonchev–Trinajstić information content (AvgIpc) is 2.41. The van der Waals surface area contributed by atoms with Crippen LogP contribution in [-0.4, -0.2) is 37.4 Å². The van der Waals surface area contributed by atoms with Crippen LogP contribution in [0.5, 0.6) is 0 Å². The van der Waals surface area contributed by atoms with Gasteiger partial charge in [-0.25, -0.2) is 13.6 Å². The minimum atomic E-state index is -1.47. The molecule has 0 radical (unpaired) electrons. The first-order valence-electron chi connectivity index (χ1n) is 6.03. The van der Waals surface area contributed by atoms with Crippen molar-refractivity contribution in [2.45, 2.75) is 18.9 Å². The van der Waals surface area contributed by atoms with Crippen molar-refractivity contribution in [3.05, 3.63) is 29.3 Å². The van der Waals surface area contributed by atoms with Crippen molar-refractivity contribution in [1.29, 1.82) is 0 Å². The molecule has 0 aromatic heterocycles. The highest BCUT2D eigenvalue weighted by atomic mass is 19.2. The molecule has 1 aromatic rings. The van der Waals surface area contributed by atoms with E-state index in [9.17, 15) is 13.6 Å². The van der Waals surface area contributed by atoms with E-state index < -0.39 is 23.2 Å². The maximum atomic E-state index is 13.9. The van der Waals surface area contributed by atoms with Gasteiger partial charge in [-0.05, 0) is 25.0 Å². The predicted molar refractivity (Wildman–Crippen MR) is 65.6 cm³/mol. The van der Waals surface area contributed by atoms with Crippen molar-refractivity contribution < 1.29 is 23.4 Å². The number of methoxy groups -OCH3 is 1. The highest BCUT2D eigenvalue weighted by molar-refractivity contribution is 5.88. The van der Waals surface area contributed by atoms with E-state index in [1.54, 1.807) is 12.0 Å². The molecule has 1 N–H and O–H groups in total. The second kappa shape index (κ2) is 5.52. The Kier molecular flexibility index (Phi) is 3.99. The van der Waals surface area contributed by atoms with Crippen LogP contribution in [0.4, 0.5) is 14.5 Å². The van der Waals surface area contributed by atoms with Gasteiger partial charge in [-0.15, -0.1) is 0 Å². The van der Waals surface area contributed by atoms with Crippen LogP contribution < -0.4 is 4.90 Å². The quantitative estimate of drug-likeness (QED) is 0.916. The molecule has 1 fully saturated rings. The van der Waals surface area contributed by atoms with Gasteiger partial charge in [0.15, 0.2) is 11.6 Å². The molecule has 0 saturated carbocycles. The van der Waals surface area contributed by atoms with Crippen molar-refractivity contribution in [3.8, 4) is 0 Å². The molecule has 0 unspecified atom stereocenters. The van der Waals surface area contributed by atoms with E-state index >= 15 is 0 Å². The van der Waals surface area contributed by atoms with Gasteiger partial charge in [0.05, 0.1) is 17.4 Å². The molecular formula is C13H15F2NO3. The van der Waals surface area contributed by atoms with Crippen LogP contribution in [0.25, 0.3) is 0 Å². The van der Waals surface area contributed by atoms with E-state index in [-0.39, 0.29) is 11.8 Å². The van der Waals surface area contributed by atoms with Gasteiger partial charge >= 0.3 is 5.97 Å². The zero-order valence-corrected chi connectivity index (χ0v) is 10.5. The molecule has 0 amide bonds. The summed E-state index contributed by atoms with van der Waals surface area (Å²) in [6.45, 7) is 1.11. The lowest BCUT2D eigenvalue weighted by Gasteiger charge is -2.33. The van der Waals surface area contributed by atoms with Crippen LogP contribution in [0.1, 0.15) is 23.2 Å². The zero-order valence-electron chi connectivity index (χ0n) is 10.5. The Morgan fingerprint density at radius 1 is 1.32 bits per heavy atom. The van der Waals surface area contributed by atoms with Gasteiger partial charge in [0, 0.05) is 20.2 Å². The third-order valence-electron chi connectivity index (χ3n) is 3.41. The first kappa shape index (κ1) is 13.7. The van der Waals surface area contributed by atoms with Crippen LogP contribution in [-0.2, 0) is 4.74 Å². The van der Waals surface area contributed by atoms with E-state index in [1.807, 2.05) is 0 Å². The van der Waals surface area contributed by atoms with Crippen LogP contribution in [0.15, 0.2) is 12.1 Å². The summed E-state index contributed by atoms with van der Waals surface area (Å²) in [7, 11) is 1.63. The Morgan fingerprint density at radius 3 is 2.47 bits per heavy atom. The van der Waals surface area contributed by atoms with Gasteiger partial charge in [-0.2, -0.15) is 0 Å². The first-order chi connectivity index (χ1) is 9.04. The molecule has 1 aromatic carbocycles. The van der Waals surface area contributed by atoms with Gasteiger partial charge in [-0.1, -0.05) is 0 Å². The molecule has 0 aliphatic carbocycles. The number of ether oxygens (including phenoxy) is 1. The smallest absolute Gasteiger partial charge is 0.338 e. The van der Waals surface area contributed by atoms with Gasteiger partial charge in [0.1, 0.15) is 0 Å². The molecule has 0 atom stereocenters. The number of benzene rings is 1. The molecule has 4 nitrogen and oxygen atoms in total. The summed E-state index contributed by atoms with van der Waals surface area (Å²) in [6, 6.07) is 2.41. The van der Waals surface area contributed by atoms with E-state index in [4.69, 9.17) is 9.84 Å². The summed E-state index contributed by atoms with van der Waals surface area (Å²) < 4.78 is 32.7. The Bertz CT molecular complexity index is 485. The summed E-state index contributed by atoms with van der Waals surface area (Å²) in [6.07, 6.45) is 1.61. The third kappa shape index (κ3) is 2.68. The lowest BCUT2D eigenvalue weighted by atomic mass is 10.1. The molecule has 104 valence electrons. The van der Waals surface area contributed by atoms with E-state index in [1.165, 1.54) is 6.07 Å². The summed E-state index contributed by atoms with van der Waals surface area (Å²) in [4.78, 5) is 12.4. The Hall–Kier alpha value is -1.69. The third-order valence-corrected chi connectivity index (χ3v) is 3.41. The maximum Gasteiger partial charge on any atom is 0.338 e. The fourth-order valence-electron chi connectivity index (χ4n) is 2.28. The highest BCUT2D eigenvalue weighted by Crippen LogP contribution is 2.27. The highest BCUT2D eigenvalue weighted by Gasteiger charge is 2.24. The molecule has 1 aliphatic heterocycles. The van der Waals surface area contributed by atoms with Crippen LogP contribution in [0, 0.1) is 11.6 Å². The molecular weight excluding hydrogens is 256 g/mol. The largest absolute Gasteiger partial charge is 0.478 e. The summed E-state index contributed by atoms with van der Waals surface area (Å²) >= 11 is 0. The van der Waals surface area contributed by atoms with Gasteiger partial charge in [0.2, 0.25) is 0 Å². The summed E-state index contributed by atoms with van der Waals surface area (Å²) in [5.74, 6) is -3.88. The minimum Gasteiger partial charge on any atom is -0.478 e. The molecule has 19 heavy (non-hydrogen) atoms. The lowest BCUT2D eigenvalue weighted by molar-refractivity contribution is 0.0690. The van der Waals surface area contributed by atoms with Crippen molar-refractivity contribution >= 4 is 11.7 Å². The number of carboxylic acids is 1.